The van der Waals surface area contributed by atoms with Crippen LogP contribution in [0.5, 0.6) is 0 Å². The lowest BCUT2D eigenvalue weighted by Crippen LogP contribution is -2.41. The third-order valence-corrected chi connectivity index (χ3v) is 3.49. The lowest BCUT2D eigenvalue weighted by atomic mass is 9.81. The highest BCUT2D eigenvalue weighted by Gasteiger charge is 2.52. The molecule has 0 N–H and O–H groups in total. The first kappa shape index (κ1) is 16.0. The zero-order chi connectivity index (χ0) is 14.8. The van der Waals surface area contributed by atoms with E-state index < -0.39 is 7.12 Å². The summed E-state index contributed by atoms with van der Waals surface area (Å²) >= 11 is 0. The summed E-state index contributed by atoms with van der Waals surface area (Å²) in [4.78, 5) is 11.2. The minimum Gasteiger partial charge on any atom is -0.462 e. The molecule has 1 aromatic heterocycles. The Bertz CT molecular complexity index is 432. The normalized spacial score (nSPS) is 19.8. The Morgan fingerprint density at radius 3 is 1.95 bits per heavy atom. The molecular formula is C14H23BO4. The summed E-state index contributed by atoms with van der Waals surface area (Å²) in [7, 11) is -0.475. The predicted octanol–water partition coefficient (Wildman–Crippen LogP) is 2.81. The SMILES string of the molecule is CC.CC(=O)c1cc(B2OC(C)(C)C(C)(C)O2)co1. The summed E-state index contributed by atoms with van der Waals surface area (Å²) in [6.45, 7) is 13.4. The van der Waals surface area contributed by atoms with Crippen LogP contribution in [0.25, 0.3) is 0 Å². The highest BCUT2D eigenvalue weighted by Crippen LogP contribution is 2.36. The molecule has 0 unspecified atom stereocenters. The van der Waals surface area contributed by atoms with Gasteiger partial charge in [-0.1, -0.05) is 13.8 Å². The van der Waals surface area contributed by atoms with Crippen molar-refractivity contribution in [2.45, 2.75) is 59.7 Å². The van der Waals surface area contributed by atoms with Gasteiger partial charge in [-0.05, 0) is 33.8 Å². The van der Waals surface area contributed by atoms with Gasteiger partial charge in [0, 0.05) is 12.4 Å². The fourth-order valence-corrected chi connectivity index (χ4v) is 1.64. The van der Waals surface area contributed by atoms with E-state index in [0.29, 0.717) is 5.76 Å². The number of hydrogen-bond donors (Lipinski definition) is 0. The van der Waals surface area contributed by atoms with Crippen LogP contribution in [-0.4, -0.2) is 24.1 Å². The van der Waals surface area contributed by atoms with Crippen LogP contribution in [0.1, 0.15) is 59.0 Å². The Balaban J connectivity index is 0.000000861. The van der Waals surface area contributed by atoms with Crippen LogP contribution in [0.15, 0.2) is 16.7 Å². The molecule has 4 nitrogen and oxygen atoms in total. The molecule has 1 aliphatic rings. The molecule has 1 aliphatic heterocycles. The molecule has 2 rings (SSSR count). The fourth-order valence-electron chi connectivity index (χ4n) is 1.64. The molecule has 0 aliphatic carbocycles. The van der Waals surface area contributed by atoms with Crippen molar-refractivity contribution in [1.82, 2.24) is 0 Å². The molecule has 1 fully saturated rings. The van der Waals surface area contributed by atoms with Crippen LogP contribution in [-0.2, 0) is 9.31 Å². The number of furan rings is 1. The first-order chi connectivity index (χ1) is 8.73. The molecule has 0 amide bonds. The third kappa shape index (κ3) is 3.10. The molecular weight excluding hydrogens is 243 g/mol. The van der Waals surface area contributed by atoms with Crippen LogP contribution >= 0.6 is 0 Å². The summed E-state index contributed by atoms with van der Waals surface area (Å²) in [5, 5.41) is 0. The van der Waals surface area contributed by atoms with Crippen molar-refractivity contribution < 1.29 is 18.5 Å². The second-order valence-corrected chi connectivity index (χ2v) is 5.39. The topological polar surface area (TPSA) is 48.7 Å². The van der Waals surface area contributed by atoms with E-state index in [4.69, 9.17) is 13.7 Å². The average molecular weight is 266 g/mol. The standard InChI is InChI=1S/C12H17BO4.C2H6/c1-8(14)10-6-9(7-15-10)13-16-11(2,3)12(4,5)17-13;1-2/h6-7H,1-5H3;1-2H3. The van der Waals surface area contributed by atoms with Crippen LogP contribution in [0.4, 0.5) is 0 Å². The van der Waals surface area contributed by atoms with Gasteiger partial charge < -0.3 is 13.7 Å². The zero-order valence-corrected chi connectivity index (χ0v) is 12.9. The van der Waals surface area contributed by atoms with Gasteiger partial charge in [0.15, 0.2) is 11.5 Å². The largest absolute Gasteiger partial charge is 0.498 e. The van der Waals surface area contributed by atoms with E-state index in [-0.39, 0.29) is 17.0 Å². The Morgan fingerprint density at radius 1 is 1.11 bits per heavy atom. The van der Waals surface area contributed by atoms with E-state index >= 15 is 0 Å². The van der Waals surface area contributed by atoms with E-state index in [1.165, 1.54) is 13.2 Å². The van der Waals surface area contributed by atoms with Gasteiger partial charge in [-0.3, -0.25) is 4.79 Å². The van der Waals surface area contributed by atoms with Crippen molar-refractivity contribution in [3.63, 3.8) is 0 Å². The molecule has 0 bridgehead atoms. The quantitative estimate of drug-likeness (QED) is 0.610. The van der Waals surface area contributed by atoms with Crippen molar-refractivity contribution in [2.75, 3.05) is 0 Å². The number of carbonyl (C=O) groups is 1. The molecule has 5 heteroatoms. The van der Waals surface area contributed by atoms with E-state index in [1.807, 2.05) is 41.5 Å². The maximum absolute atomic E-state index is 11.2. The highest BCUT2D eigenvalue weighted by molar-refractivity contribution is 6.62. The Hall–Kier alpha value is -1.07. The predicted molar refractivity (Wildman–Crippen MR) is 75.8 cm³/mol. The molecule has 106 valence electrons. The summed E-state index contributed by atoms with van der Waals surface area (Å²) in [6.07, 6.45) is 1.51. The Morgan fingerprint density at radius 2 is 1.58 bits per heavy atom. The zero-order valence-electron chi connectivity index (χ0n) is 12.9. The molecule has 2 heterocycles. The van der Waals surface area contributed by atoms with Crippen molar-refractivity contribution in [1.29, 1.82) is 0 Å². The smallest absolute Gasteiger partial charge is 0.462 e. The monoisotopic (exact) mass is 266 g/mol. The summed E-state index contributed by atoms with van der Waals surface area (Å²) in [5.41, 5.74) is -0.0229. The third-order valence-electron chi connectivity index (χ3n) is 3.49. The van der Waals surface area contributed by atoms with Gasteiger partial charge in [0.1, 0.15) is 0 Å². The Kier molecular flexibility index (Phi) is 4.64. The molecule has 1 aromatic rings. The van der Waals surface area contributed by atoms with Crippen molar-refractivity contribution in [3.05, 3.63) is 18.1 Å². The molecule has 0 saturated carbocycles. The summed E-state index contributed by atoms with van der Waals surface area (Å²) in [5.74, 6) is 0.225. The maximum atomic E-state index is 11.2. The summed E-state index contributed by atoms with van der Waals surface area (Å²) in [6, 6.07) is 1.67. The second-order valence-electron chi connectivity index (χ2n) is 5.39. The van der Waals surface area contributed by atoms with Gasteiger partial charge in [0.05, 0.1) is 17.5 Å². The van der Waals surface area contributed by atoms with Crippen LogP contribution in [0.2, 0.25) is 0 Å². The van der Waals surface area contributed by atoms with E-state index in [1.54, 1.807) is 6.07 Å². The molecule has 19 heavy (non-hydrogen) atoms. The van der Waals surface area contributed by atoms with E-state index in [0.717, 1.165) is 5.46 Å². The number of rotatable bonds is 2. The highest BCUT2D eigenvalue weighted by atomic mass is 16.7. The van der Waals surface area contributed by atoms with Crippen LogP contribution in [0, 0.1) is 0 Å². The lowest BCUT2D eigenvalue weighted by molar-refractivity contribution is 0.00578. The Labute approximate surface area is 115 Å². The molecule has 0 atom stereocenters. The van der Waals surface area contributed by atoms with Gasteiger partial charge in [-0.25, -0.2) is 0 Å². The van der Waals surface area contributed by atoms with Crippen molar-refractivity contribution in [2.24, 2.45) is 0 Å². The minimum atomic E-state index is -0.475. The number of carbonyl (C=O) groups excluding carboxylic acids is 1. The molecule has 0 aromatic carbocycles. The lowest BCUT2D eigenvalue weighted by Gasteiger charge is -2.32. The van der Waals surface area contributed by atoms with Gasteiger partial charge >= 0.3 is 7.12 Å². The van der Waals surface area contributed by atoms with Crippen molar-refractivity contribution in [3.8, 4) is 0 Å². The number of hydrogen-bond acceptors (Lipinski definition) is 4. The maximum Gasteiger partial charge on any atom is 0.498 e. The van der Waals surface area contributed by atoms with Gasteiger partial charge in [-0.2, -0.15) is 0 Å². The van der Waals surface area contributed by atoms with Gasteiger partial charge in [-0.15, -0.1) is 0 Å². The fraction of sp³-hybridized carbons (Fsp3) is 0.643. The van der Waals surface area contributed by atoms with E-state index in [9.17, 15) is 4.79 Å². The second kappa shape index (κ2) is 5.51. The van der Waals surface area contributed by atoms with E-state index in [2.05, 4.69) is 0 Å². The van der Waals surface area contributed by atoms with Crippen LogP contribution in [0.3, 0.4) is 0 Å². The summed E-state index contributed by atoms with van der Waals surface area (Å²) < 4.78 is 16.9. The first-order valence-corrected chi connectivity index (χ1v) is 6.68. The van der Waals surface area contributed by atoms with Crippen LogP contribution < -0.4 is 5.46 Å². The molecule has 0 spiro atoms. The molecule has 1 saturated heterocycles. The van der Waals surface area contributed by atoms with Gasteiger partial charge in [0.2, 0.25) is 0 Å². The minimum absolute atomic E-state index is 0.104. The number of Topliss-reactive ketones (excluding diaryl/α,β-unsaturated/α-hetero) is 1. The average Bonchev–Trinajstić information content (AvgIpc) is 2.85. The van der Waals surface area contributed by atoms with Crippen molar-refractivity contribution >= 4 is 18.4 Å². The van der Waals surface area contributed by atoms with Gasteiger partial charge in [0.25, 0.3) is 0 Å². The molecule has 0 radical (unpaired) electrons. The number of ketones is 1. The first-order valence-electron chi connectivity index (χ1n) is 6.68.